The predicted molar refractivity (Wildman–Crippen MR) is 76.7 cm³/mol. The summed E-state index contributed by atoms with van der Waals surface area (Å²) in [7, 11) is 0. The van der Waals surface area contributed by atoms with Gasteiger partial charge < -0.3 is 10.4 Å². The normalized spacial score (nSPS) is 16.5. The molecule has 1 aromatic rings. The Balaban J connectivity index is 2.03. The topological polar surface area (TPSA) is 49.3 Å². The summed E-state index contributed by atoms with van der Waals surface area (Å²) < 4.78 is 0. The number of anilines is 1. The smallest absolute Gasteiger partial charge is 0.337 e. The Kier molecular flexibility index (Phi) is 4.53. The Morgan fingerprint density at radius 3 is 2.83 bits per heavy atom. The largest absolute Gasteiger partial charge is 0.478 e. The van der Waals surface area contributed by atoms with Crippen LogP contribution in [-0.2, 0) is 0 Å². The lowest BCUT2D eigenvalue weighted by atomic mass is 10.0. The Labute approximate surface area is 112 Å². The second-order valence-corrected chi connectivity index (χ2v) is 6.02. The van der Waals surface area contributed by atoms with E-state index in [1.54, 1.807) is 6.07 Å². The van der Waals surface area contributed by atoms with Crippen LogP contribution < -0.4 is 5.32 Å². The molecule has 0 radical (unpaired) electrons. The molecule has 18 heavy (non-hydrogen) atoms. The fourth-order valence-electron chi connectivity index (χ4n) is 2.20. The van der Waals surface area contributed by atoms with Crippen LogP contribution in [0, 0.1) is 12.8 Å². The van der Waals surface area contributed by atoms with Crippen LogP contribution in [0.5, 0.6) is 0 Å². The molecular weight excluding hydrogens is 246 g/mol. The minimum Gasteiger partial charge on any atom is -0.478 e. The van der Waals surface area contributed by atoms with Crippen molar-refractivity contribution in [3.63, 3.8) is 0 Å². The van der Waals surface area contributed by atoms with Gasteiger partial charge in [-0.15, -0.1) is 0 Å². The van der Waals surface area contributed by atoms with Gasteiger partial charge >= 0.3 is 5.97 Å². The van der Waals surface area contributed by atoms with E-state index in [1.807, 2.05) is 30.8 Å². The van der Waals surface area contributed by atoms with Gasteiger partial charge in [-0.2, -0.15) is 11.8 Å². The van der Waals surface area contributed by atoms with Crippen LogP contribution >= 0.6 is 11.8 Å². The molecule has 0 spiro atoms. The standard InChI is InChI=1S/C14H19NO2S/c1-10-2-3-12(14(16)17)13(8-10)15-9-11-4-6-18-7-5-11/h2-3,8,11,15H,4-7,9H2,1H3,(H,16,17). The van der Waals surface area contributed by atoms with Crippen LogP contribution in [-0.4, -0.2) is 29.1 Å². The fraction of sp³-hybridized carbons (Fsp3) is 0.500. The van der Waals surface area contributed by atoms with Gasteiger partial charge in [0.05, 0.1) is 5.56 Å². The van der Waals surface area contributed by atoms with Gasteiger partial charge in [0.1, 0.15) is 0 Å². The molecule has 1 aliphatic rings. The molecule has 2 rings (SSSR count). The summed E-state index contributed by atoms with van der Waals surface area (Å²) in [6.07, 6.45) is 2.46. The van der Waals surface area contributed by atoms with Crippen molar-refractivity contribution in [2.24, 2.45) is 5.92 Å². The summed E-state index contributed by atoms with van der Waals surface area (Å²) >= 11 is 2.01. The summed E-state index contributed by atoms with van der Waals surface area (Å²) in [5.74, 6) is 2.27. The maximum absolute atomic E-state index is 11.1. The van der Waals surface area contributed by atoms with Crippen molar-refractivity contribution >= 4 is 23.4 Å². The number of carbonyl (C=O) groups is 1. The van der Waals surface area contributed by atoms with E-state index in [0.29, 0.717) is 11.5 Å². The maximum atomic E-state index is 11.1. The number of hydrogen-bond acceptors (Lipinski definition) is 3. The first-order valence-electron chi connectivity index (χ1n) is 6.32. The van der Waals surface area contributed by atoms with Crippen LogP contribution in [0.1, 0.15) is 28.8 Å². The van der Waals surface area contributed by atoms with Gasteiger partial charge in [-0.25, -0.2) is 4.79 Å². The van der Waals surface area contributed by atoms with E-state index >= 15 is 0 Å². The molecule has 98 valence electrons. The van der Waals surface area contributed by atoms with Crippen LogP contribution in [0.25, 0.3) is 0 Å². The van der Waals surface area contributed by atoms with Crippen molar-refractivity contribution in [2.75, 3.05) is 23.4 Å². The summed E-state index contributed by atoms with van der Waals surface area (Å²) in [5, 5.41) is 12.5. The van der Waals surface area contributed by atoms with Crippen molar-refractivity contribution in [1.29, 1.82) is 0 Å². The van der Waals surface area contributed by atoms with Crippen molar-refractivity contribution in [2.45, 2.75) is 19.8 Å². The highest BCUT2D eigenvalue weighted by Crippen LogP contribution is 2.24. The van der Waals surface area contributed by atoms with Crippen molar-refractivity contribution < 1.29 is 9.90 Å². The predicted octanol–water partition coefficient (Wildman–Crippen LogP) is 3.25. The molecule has 0 unspecified atom stereocenters. The maximum Gasteiger partial charge on any atom is 0.337 e. The molecule has 2 N–H and O–H groups in total. The molecule has 4 heteroatoms. The molecule has 0 atom stereocenters. The van der Waals surface area contributed by atoms with Gasteiger partial charge in [0.15, 0.2) is 0 Å². The van der Waals surface area contributed by atoms with Crippen molar-refractivity contribution in [1.82, 2.24) is 0 Å². The van der Waals surface area contributed by atoms with E-state index in [-0.39, 0.29) is 0 Å². The lowest BCUT2D eigenvalue weighted by molar-refractivity contribution is 0.0698. The number of rotatable bonds is 4. The van der Waals surface area contributed by atoms with Gasteiger partial charge in [0.2, 0.25) is 0 Å². The van der Waals surface area contributed by atoms with Crippen LogP contribution in [0.4, 0.5) is 5.69 Å². The molecule has 0 saturated carbocycles. The van der Waals surface area contributed by atoms with Crippen molar-refractivity contribution in [3.05, 3.63) is 29.3 Å². The molecule has 1 aromatic carbocycles. The fourth-order valence-corrected chi connectivity index (χ4v) is 3.40. The summed E-state index contributed by atoms with van der Waals surface area (Å²) in [5.41, 5.74) is 2.20. The Bertz CT molecular complexity index is 428. The average molecular weight is 265 g/mol. The minimum absolute atomic E-state index is 0.366. The number of thioether (sulfide) groups is 1. The minimum atomic E-state index is -0.864. The van der Waals surface area contributed by atoms with Crippen LogP contribution in [0.2, 0.25) is 0 Å². The molecular formula is C14H19NO2S. The number of nitrogens with one attached hydrogen (secondary N) is 1. The summed E-state index contributed by atoms with van der Waals surface area (Å²) in [6, 6.07) is 5.43. The molecule has 0 aliphatic carbocycles. The molecule has 1 heterocycles. The van der Waals surface area contributed by atoms with Gasteiger partial charge in [0, 0.05) is 12.2 Å². The second-order valence-electron chi connectivity index (χ2n) is 4.79. The molecule has 0 aromatic heterocycles. The molecule has 0 amide bonds. The van der Waals surface area contributed by atoms with Gasteiger partial charge in [0.25, 0.3) is 0 Å². The average Bonchev–Trinajstić information content (AvgIpc) is 2.37. The summed E-state index contributed by atoms with van der Waals surface area (Å²) in [4.78, 5) is 11.1. The summed E-state index contributed by atoms with van der Waals surface area (Å²) in [6.45, 7) is 2.86. The number of carboxylic acids is 1. The zero-order chi connectivity index (χ0) is 13.0. The molecule has 0 bridgehead atoms. The van der Waals surface area contributed by atoms with E-state index in [1.165, 1.54) is 24.3 Å². The van der Waals surface area contributed by atoms with E-state index in [2.05, 4.69) is 5.32 Å². The van der Waals surface area contributed by atoms with Gasteiger partial charge in [-0.3, -0.25) is 0 Å². The quantitative estimate of drug-likeness (QED) is 0.877. The number of carboxylic acid groups (broad SMARTS) is 1. The molecule has 1 fully saturated rings. The second kappa shape index (κ2) is 6.14. The third-order valence-corrected chi connectivity index (χ3v) is 4.38. The Morgan fingerprint density at radius 2 is 2.17 bits per heavy atom. The number of aromatic carboxylic acids is 1. The van der Waals surface area contributed by atoms with E-state index in [0.717, 1.165) is 17.8 Å². The molecule has 1 saturated heterocycles. The Hall–Kier alpha value is -1.16. The van der Waals surface area contributed by atoms with Crippen LogP contribution in [0.15, 0.2) is 18.2 Å². The highest BCUT2D eigenvalue weighted by atomic mass is 32.2. The third kappa shape index (κ3) is 3.42. The monoisotopic (exact) mass is 265 g/mol. The van der Waals surface area contributed by atoms with Gasteiger partial charge in [-0.1, -0.05) is 6.07 Å². The number of hydrogen-bond donors (Lipinski definition) is 2. The first-order valence-corrected chi connectivity index (χ1v) is 7.48. The highest BCUT2D eigenvalue weighted by Gasteiger charge is 2.15. The van der Waals surface area contributed by atoms with E-state index < -0.39 is 5.97 Å². The van der Waals surface area contributed by atoms with Gasteiger partial charge in [-0.05, 0) is 54.9 Å². The first-order chi connectivity index (χ1) is 8.66. The number of aryl methyl sites for hydroxylation is 1. The zero-order valence-corrected chi connectivity index (χ0v) is 11.4. The lowest BCUT2D eigenvalue weighted by Crippen LogP contribution is -2.20. The van der Waals surface area contributed by atoms with E-state index in [4.69, 9.17) is 5.11 Å². The third-order valence-electron chi connectivity index (χ3n) is 3.33. The SMILES string of the molecule is Cc1ccc(C(=O)O)c(NCC2CCSCC2)c1. The lowest BCUT2D eigenvalue weighted by Gasteiger charge is -2.22. The molecule has 3 nitrogen and oxygen atoms in total. The number of benzene rings is 1. The molecule has 1 aliphatic heterocycles. The first kappa shape index (κ1) is 13.3. The van der Waals surface area contributed by atoms with Crippen molar-refractivity contribution in [3.8, 4) is 0 Å². The van der Waals surface area contributed by atoms with Crippen LogP contribution in [0.3, 0.4) is 0 Å². The highest BCUT2D eigenvalue weighted by molar-refractivity contribution is 7.99. The Morgan fingerprint density at radius 1 is 1.44 bits per heavy atom. The van der Waals surface area contributed by atoms with E-state index in [9.17, 15) is 4.79 Å². The zero-order valence-electron chi connectivity index (χ0n) is 10.6.